The van der Waals surface area contributed by atoms with Gasteiger partial charge in [-0.2, -0.15) is 0 Å². The molecule has 1 heterocycles. The average Bonchev–Trinajstić information content (AvgIpc) is 2.36. The monoisotopic (exact) mass is 291 g/mol. The van der Waals surface area contributed by atoms with E-state index in [4.69, 9.17) is 0 Å². The van der Waals surface area contributed by atoms with E-state index in [1.807, 2.05) is 7.05 Å². The second-order valence-electron chi connectivity index (χ2n) is 3.86. The van der Waals surface area contributed by atoms with Crippen LogP contribution >= 0.6 is 15.9 Å². The lowest BCUT2D eigenvalue weighted by molar-refractivity contribution is 0.666. The molecule has 0 fully saturated rings. The van der Waals surface area contributed by atoms with E-state index in [-0.39, 0.29) is 6.04 Å². The fourth-order valence-electron chi connectivity index (χ4n) is 1.73. The van der Waals surface area contributed by atoms with Crippen molar-refractivity contribution in [1.29, 1.82) is 0 Å². The van der Waals surface area contributed by atoms with Crippen molar-refractivity contribution in [2.45, 2.75) is 13.0 Å². The van der Waals surface area contributed by atoms with Gasteiger partial charge in [0.25, 0.3) is 0 Å². The van der Waals surface area contributed by atoms with Gasteiger partial charge in [0.15, 0.2) is 0 Å². The summed E-state index contributed by atoms with van der Waals surface area (Å²) >= 11 is 3.55. The summed E-state index contributed by atoms with van der Waals surface area (Å²) in [5.74, 6) is 0. The Morgan fingerprint density at radius 2 is 2.12 bits per heavy atom. The third kappa shape index (κ3) is 2.70. The van der Waals surface area contributed by atoms with Crippen molar-refractivity contribution in [3.05, 3.63) is 58.1 Å². The Hall–Kier alpha value is -1.26. The van der Waals surface area contributed by atoms with Gasteiger partial charge in [-0.1, -0.05) is 28.1 Å². The molecule has 3 nitrogen and oxygen atoms in total. The maximum absolute atomic E-state index is 4.34. The predicted octanol–water partition coefficient (Wildman–Crippen LogP) is 2.86. The number of hydrogen-bond acceptors (Lipinski definition) is 3. The van der Waals surface area contributed by atoms with Crippen molar-refractivity contribution in [2.75, 3.05) is 7.05 Å². The summed E-state index contributed by atoms with van der Waals surface area (Å²) in [6.07, 6.45) is 5.18. The Balaban J connectivity index is 2.39. The van der Waals surface area contributed by atoms with Gasteiger partial charge >= 0.3 is 0 Å². The molecule has 0 saturated heterocycles. The molecule has 0 aliphatic heterocycles. The molecule has 1 unspecified atom stereocenters. The van der Waals surface area contributed by atoms with Gasteiger partial charge in [-0.15, -0.1) is 0 Å². The number of hydrogen-bond donors (Lipinski definition) is 1. The Labute approximate surface area is 109 Å². The molecule has 0 saturated carbocycles. The first-order valence-corrected chi connectivity index (χ1v) is 6.21. The van der Waals surface area contributed by atoms with Crippen molar-refractivity contribution >= 4 is 15.9 Å². The molecule has 0 aliphatic rings. The van der Waals surface area contributed by atoms with Gasteiger partial charge in [0.2, 0.25) is 0 Å². The van der Waals surface area contributed by atoms with Gasteiger partial charge in [0, 0.05) is 16.9 Å². The molecule has 0 bridgehead atoms. The van der Waals surface area contributed by atoms with Crippen molar-refractivity contribution < 1.29 is 0 Å². The molecule has 1 N–H and O–H groups in total. The molecule has 17 heavy (non-hydrogen) atoms. The number of aromatic nitrogens is 2. The van der Waals surface area contributed by atoms with Crippen LogP contribution in [0.15, 0.2) is 41.3 Å². The van der Waals surface area contributed by atoms with Gasteiger partial charge in [-0.05, 0) is 31.2 Å². The molecule has 0 radical (unpaired) electrons. The van der Waals surface area contributed by atoms with Crippen LogP contribution in [0.1, 0.15) is 22.9 Å². The quantitative estimate of drug-likeness (QED) is 0.945. The lowest BCUT2D eigenvalue weighted by Crippen LogP contribution is -2.19. The van der Waals surface area contributed by atoms with Crippen LogP contribution in [0, 0.1) is 6.92 Å². The van der Waals surface area contributed by atoms with E-state index in [2.05, 4.69) is 56.3 Å². The van der Waals surface area contributed by atoms with E-state index < -0.39 is 0 Å². The highest BCUT2D eigenvalue weighted by molar-refractivity contribution is 9.10. The summed E-state index contributed by atoms with van der Waals surface area (Å²) in [6.45, 7) is 2.07. The standard InChI is InChI=1S/C13H14BrN3/c1-9-3-4-10(7-11(9)14)13(15-2)12-8-16-5-6-17-12/h3-8,13,15H,1-2H3. The molecule has 0 spiro atoms. The van der Waals surface area contributed by atoms with Gasteiger partial charge in [0.1, 0.15) is 0 Å². The van der Waals surface area contributed by atoms with E-state index in [1.54, 1.807) is 18.6 Å². The second-order valence-corrected chi connectivity index (χ2v) is 4.71. The predicted molar refractivity (Wildman–Crippen MR) is 71.8 cm³/mol. The molecule has 2 rings (SSSR count). The van der Waals surface area contributed by atoms with Crippen molar-refractivity contribution in [1.82, 2.24) is 15.3 Å². The summed E-state index contributed by atoms with van der Waals surface area (Å²) in [4.78, 5) is 8.44. The number of aryl methyl sites for hydroxylation is 1. The highest BCUT2D eigenvalue weighted by Gasteiger charge is 2.13. The van der Waals surface area contributed by atoms with Crippen molar-refractivity contribution in [3.8, 4) is 0 Å². The minimum absolute atomic E-state index is 0.0700. The largest absolute Gasteiger partial charge is 0.308 e. The lowest BCUT2D eigenvalue weighted by atomic mass is 10.0. The van der Waals surface area contributed by atoms with E-state index in [0.717, 1.165) is 10.2 Å². The molecule has 0 aliphatic carbocycles. The fraction of sp³-hybridized carbons (Fsp3) is 0.231. The molecular weight excluding hydrogens is 278 g/mol. The first-order valence-electron chi connectivity index (χ1n) is 5.41. The van der Waals surface area contributed by atoms with Crippen LogP contribution in [-0.2, 0) is 0 Å². The average molecular weight is 292 g/mol. The van der Waals surface area contributed by atoms with Crippen molar-refractivity contribution in [3.63, 3.8) is 0 Å². The van der Waals surface area contributed by atoms with Crippen molar-refractivity contribution in [2.24, 2.45) is 0 Å². The van der Waals surface area contributed by atoms with Gasteiger partial charge in [-0.25, -0.2) is 0 Å². The third-order valence-electron chi connectivity index (χ3n) is 2.70. The van der Waals surface area contributed by atoms with Crippen LogP contribution in [0.4, 0.5) is 0 Å². The molecular formula is C13H14BrN3. The molecule has 1 aromatic carbocycles. The Kier molecular flexibility index (Phi) is 3.86. The second kappa shape index (κ2) is 5.38. The molecule has 1 aromatic heterocycles. The number of halogens is 1. The van der Waals surface area contributed by atoms with Crippen LogP contribution in [0.2, 0.25) is 0 Å². The van der Waals surface area contributed by atoms with Gasteiger partial charge in [0.05, 0.1) is 17.9 Å². The maximum Gasteiger partial charge on any atom is 0.0801 e. The van der Waals surface area contributed by atoms with E-state index in [0.29, 0.717) is 0 Å². The summed E-state index contributed by atoms with van der Waals surface area (Å²) < 4.78 is 1.11. The van der Waals surface area contributed by atoms with Gasteiger partial charge in [-0.3, -0.25) is 9.97 Å². The summed E-state index contributed by atoms with van der Waals surface area (Å²) in [7, 11) is 1.92. The Bertz CT molecular complexity index is 499. The minimum Gasteiger partial charge on any atom is -0.308 e. The first kappa shape index (κ1) is 12.2. The number of nitrogens with one attached hydrogen (secondary N) is 1. The van der Waals surface area contributed by atoms with Crippen LogP contribution < -0.4 is 5.32 Å². The zero-order valence-corrected chi connectivity index (χ0v) is 11.4. The topological polar surface area (TPSA) is 37.8 Å². The number of rotatable bonds is 3. The molecule has 4 heteroatoms. The number of benzene rings is 1. The first-order chi connectivity index (χ1) is 8.22. The van der Waals surface area contributed by atoms with Crippen LogP contribution in [0.5, 0.6) is 0 Å². The molecule has 0 amide bonds. The van der Waals surface area contributed by atoms with E-state index in [9.17, 15) is 0 Å². The molecule has 88 valence electrons. The number of nitrogens with zero attached hydrogens (tertiary/aromatic N) is 2. The Morgan fingerprint density at radius 3 is 2.71 bits per heavy atom. The zero-order valence-electron chi connectivity index (χ0n) is 9.81. The summed E-state index contributed by atoms with van der Waals surface area (Å²) in [5.41, 5.74) is 3.32. The zero-order chi connectivity index (χ0) is 12.3. The highest BCUT2D eigenvalue weighted by Crippen LogP contribution is 2.24. The minimum atomic E-state index is 0.0700. The molecule has 2 aromatic rings. The normalized spacial score (nSPS) is 12.4. The van der Waals surface area contributed by atoms with Gasteiger partial charge < -0.3 is 5.32 Å². The smallest absolute Gasteiger partial charge is 0.0801 e. The third-order valence-corrected chi connectivity index (χ3v) is 3.55. The fourth-order valence-corrected chi connectivity index (χ4v) is 2.13. The highest BCUT2D eigenvalue weighted by atomic mass is 79.9. The lowest BCUT2D eigenvalue weighted by Gasteiger charge is -2.16. The summed E-state index contributed by atoms with van der Waals surface area (Å²) in [6, 6.07) is 6.39. The van der Waals surface area contributed by atoms with Crippen LogP contribution in [0.3, 0.4) is 0 Å². The van der Waals surface area contributed by atoms with E-state index in [1.165, 1.54) is 11.1 Å². The SMILES string of the molecule is CNC(c1ccc(C)c(Br)c1)c1cnccn1. The summed E-state index contributed by atoms with van der Waals surface area (Å²) in [5, 5.41) is 3.26. The maximum atomic E-state index is 4.34. The van der Waals surface area contributed by atoms with Crippen LogP contribution in [-0.4, -0.2) is 17.0 Å². The Morgan fingerprint density at radius 1 is 1.29 bits per heavy atom. The van der Waals surface area contributed by atoms with E-state index >= 15 is 0 Å². The molecule has 1 atom stereocenters. The van der Waals surface area contributed by atoms with Crippen LogP contribution in [0.25, 0.3) is 0 Å².